The first-order valence-corrected chi connectivity index (χ1v) is 7.71. The van der Waals surface area contributed by atoms with Crippen LogP contribution < -0.4 is 10.1 Å². The van der Waals surface area contributed by atoms with Crippen molar-refractivity contribution in [3.63, 3.8) is 0 Å². The van der Waals surface area contributed by atoms with Gasteiger partial charge >= 0.3 is 0 Å². The van der Waals surface area contributed by atoms with E-state index in [1.165, 1.54) is 38.3 Å². The molecule has 2 heterocycles. The van der Waals surface area contributed by atoms with Gasteiger partial charge in [-0.1, -0.05) is 19.3 Å². The monoisotopic (exact) mass is 300 g/mol. The largest absolute Gasteiger partial charge is 0.489 e. The van der Waals surface area contributed by atoms with Crippen molar-refractivity contribution in [1.29, 1.82) is 0 Å². The molecule has 22 heavy (non-hydrogen) atoms. The number of nitrogens with one attached hydrogen (secondary N) is 2. The van der Waals surface area contributed by atoms with E-state index < -0.39 is 0 Å². The lowest BCUT2D eigenvalue weighted by molar-refractivity contribution is 0.102. The summed E-state index contributed by atoms with van der Waals surface area (Å²) >= 11 is 0. The Kier molecular flexibility index (Phi) is 4.68. The highest BCUT2D eigenvalue weighted by Gasteiger charge is 2.16. The zero-order chi connectivity index (χ0) is 15.2. The lowest BCUT2D eigenvalue weighted by Crippen LogP contribution is -2.18. The number of hydrogen-bond donors (Lipinski definition) is 2. The molecule has 1 aliphatic rings. The average Bonchev–Trinajstić information content (AvgIpc) is 3.10. The van der Waals surface area contributed by atoms with Crippen molar-refractivity contribution >= 4 is 11.7 Å². The maximum Gasteiger partial charge on any atom is 0.274 e. The molecule has 6 nitrogen and oxygen atoms in total. The van der Waals surface area contributed by atoms with E-state index in [-0.39, 0.29) is 5.91 Å². The van der Waals surface area contributed by atoms with E-state index in [0.29, 0.717) is 29.8 Å². The Hall–Kier alpha value is -2.37. The molecule has 0 bridgehead atoms. The predicted octanol–water partition coefficient (Wildman–Crippen LogP) is 3.02. The van der Waals surface area contributed by atoms with Crippen molar-refractivity contribution in [2.24, 2.45) is 5.92 Å². The zero-order valence-corrected chi connectivity index (χ0v) is 12.4. The molecule has 1 saturated carbocycles. The van der Waals surface area contributed by atoms with E-state index in [1.54, 1.807) is 12.3 Å². The number of carbonyl (C=O) groups is 1. The van der Waals surface area contributed by atoms with Crippen LogP contribution in [-0.2, 0) is 0 Å². The molecule has 6 heteroatoms. The summed E-state index contributed by atoms with van der Waals surface area (Å²) in [6.45, 7) is 0.679. The van der Waals surface area contributed by atoms with Crippen molar-refractivity contribution in [1.82, 2.24) is 15.2 Å². The van der Waals surface area contributed by atoms with E-state index in [0.717, 1.165) is 0 Å². The lowest BCUT2D eigenvalue weighted by atomic mass is 9.90. The molecule has 1 aliphatic carbocycles. The standard InChI is InChI=1S/C16H20N4O2/c21-16(13-8-10-18-20-13)19-15-14(7-4-9-17-15)22-11-12-5-2-1-3-6-12/h4,7-10,12H,1-3,5-6,11H2,(H,18,20)(H,17,19,21). The summed E-state index contributed by atoms with van der Waals surface area (Å²) in [4.78, 5) is 16.3. The second-order valence-electron chi connectivity index (χ2n) is 5.59. The van der Waals surface area contributed by atoms with Crippen LogP contribution in [0, 0.1) is 5.92 Å². The molecule has 0 aromatic carbocycles. The van der Waals surface area contributed by atoms with Crippen LogP contribution in [0.15, 0.2) is 30.6 Å². The first kappa shape index (κ1) is 14.6. The summed E-state index contributed by atoms with van der Waals surface area (Å²) in [5.41, 5.74) is 0.392. The molecule has 0 saturated heterocycles. The number of ether oxygens (including phenoxy) is 1. The fraction of sp³-hybridized carbons (Fsp3) is 0.438. The third-order valence-electron chi connectivity index (χ3n) is 3.95. The fourth-order valence-electron chi connectivity index (χ4n) is 2.72. The summed E-state index contributed by atoms with van der Waals surface area (Å²) in [5, 5.41) is 9.15. The Bertz CT molecular complexity index is 606. The van der Waals surface area contributed by atoms with Gasteiger partial charge < -0.3 is 10.1 Å². The van der Waals surface area contributed by atoms with E-state index >= 15 is 0 Å². The van der Waals surface area contributed by atoms with Crippen LogP contribution in [-0.4, -0.2) is 27.7 Å². The molecule has 0 unspecified atom stereocenters. The molecule has 1 amide bonds. The number of H-pyrrole nitrogens is 1. The number of aromatic nitrogens is 3. The predicted molar refractivity (Wildman–Crippen MR) is 82.8 cm³/mol. The number of pyridine rings is 1. The summed E-state index contributed by atoms with van der Waals surface area (Å²) in [7, 11) is 0. The summed E-state index contributed by atoms with van der Waals surface area (Å²) in [5.74, 6) is 1.38. The zero-order valence-electron chi connectivity index (χ0n) is 12.4. The molecule has 3 rings (SSSR count). The second-order valence-corrected chi connectivity index (χ2v) is 5.59. The highest BCUT2D eigenvalue weighted by Crippen LogP contribution is 2.27. The minimum Gasteiger partial charge on any atom is -0.489 e. The molecular formula is C16H20N4O2. The molecule has 0 radical (unpaired) electrons. The van der Waals surface area contributed by atoms with Gasteiger partial charge in [-0.2, -0.15) is 5.10 Å². The maximum atomic E-state index is 12.1. The second kappa shape index (κ2) is 7.06. The average molecular weight is 300 g/mol. The SMILES string of the molecule is O=C(Nc1ncccc1OCC1CCCCC1)c1ccn[nH]1. The minimum atomic E-state index is -0.279. The summed E-state index contributed by atoms with van der Waals surface area (Å²) in [6, 6.07) is 5.25. The summed E-state index contributed by atoms with van der Waals surface area (Å²) < 4.78 is 5.89. The van der Waals surface area contributed by atoms with Gasteiger partial charge in [0.2, 0.25) is 0 Å². The van der Waals surface area contributed by atoms with Crippen molar-refractivity contribution < 1.29 is 9.53 Å². The molecule has 2 aromatic heterocycles. The van der Waals surface area contributed by atoms with Gasteiger partial charge in [-0.15, -0.1) is 0 Å². The van der Waals surface area contributed by atoms with Gasteiger partial charge in [-0.25, -0.2) is 4.98 Å². The van der Waals surface area contributed by atoms with E-state index in [9.17, 15) is 4.79 Å². The number of anilines is 1. The highest BCUT2D eigenvalue weighted by molar-refractivity contribution is 6.02. The molecule has 0 spiro atoms. The van der Waals surface area contributed by atoms with Crippen molar-refractivity contribution in [2.75, 3.05) is 11.9 Å². The van der Waals surface area contributed by atoms with Gasteiger partial charge in [-0.3, -0.25) is 9.89 Å². The minimum absolute atomic E-state index is 0.279. The Morgan fingerprint density at radius 3 is 2.91 bits per heavy atom. The van der Waals surface area contributed by atoms with Gasteiger partial charge in [0.25, 0.3) is 5.91 Å². The Labute approximate surface area is 129 Å². The molecule has 0 aliphatic heterocycles. The number of carbonyl (C=O) groups excluding carboxylic acids is 1. The van der Waals surface area contributed by atoms with Gasteiger partial charge in [-0.05, 0) is 37.0 Å². The van der Waals surface area contributed by atoms with Gasteiger partial charge in [0.05, 0.1) is 6.61 Å². The summed E-state index contributed by atoms with van der Waals surface area (Å²) in [6.07, 6.45) is 9.50. The number of aromatic amines is 1. The quantitative estimate of drug-likeness (QED) is 0.889. The normalized spacial score (nSPS) is 15.5. The highest BCUT2D eigenvalue weighted by atomic mass is 16.5. The molecular weight excluding hydrogens is 280 g/mol. The smallest absolute Gasteiger partial charge is 0.274 e. The van der Waals surface area contributed by atoms with Gasteiger partial charge in [0, 0.05) is 12.4 Å². The fourth-order valence-corrected chi connectivity index (χ4v) is 2.72. The van der Waals surface area contributed by atoms with Crippen LogP contribution in [0.5, 0.6) is 5.75 Å². The number of nitrogens with zero attached hydrogens (tertiary/aromatic N) is 2. The van der Waals surface area contributed by atoms with Gasteiger partial charge in [0.1, 0.15) is 5.69 Å². The van der Waals surface area contributed by atoms with Crippen LogP contribution in [0.2, 0.25) is 0 Å². The van der Waals surface area contributed by atoms with Crippen LogP contribution in [0.4, 0.5) is 5.82 Å². The maximum absolute atomic E-state index is 12.1. The third-order valence-corrected chi connectivity index (χ3v) is 3.95. The topological polar surface area (TPSA) is 79.9 Å². The molecule has 0 atom stereocenters. The first-order valence-electron chi connectivity index (χ1n) is 7.71. The number of rotatable bonds is 5. The van der Waals surface area contributed by atoms with E-state index in [1.807, 2.05) is 12.1 Å². The first-order chi connectivity index (χ1) is 10.8. The Morgan fingerprint density at radius 1 is 1.27 bits per heavy atom. The van der Waals surface area contributed by atoms with Crippen LogP contribution in [0.25, 0.3) is 0 Å². The van der Waals surface area contributed by atoms with Gasteiger partial charge in [0.15, 0.2) is 11.6 Å². The van der Waals surface area contributed by atoms with Crippen molar-refractivity contribution in [3.8, 4) is 5.75 Å². The van der Waals surface area contributed by atoms with Crippen LogP contribution in [0.3, 0.4) is 0 Å². The molecule has 2 aromatic rings. The Balaban J connectivity index is 1.63. The number of hydrogen-bond acceptors (Lipinski definition) is 4. The van der Waals surface area contributed by atoms with Crippen LogP contribution >= 0.6 is 0 Å². The lowest BCUT2D eigenvalue weighted by Gasteiger charge is -2.22. The molecule has 116 valence electrons. The molecule has 2 N–H and O–H groups in total. The van der Waals surface area contributed by atoms with E-state index in [4.69, 9.17) is 4.74 Å². The molecule has 1 fully saturated rings. The van der Waals surface area contributed by atoms with Crippen molar-refractivity contribution in [2.45, 2.75) is 32.1 Å². The van der Waals surface area contributed by atoms with Crippen molar-refractivity contribution in [3.05, 3.63) is 36.3 Å². The Morgan fingerprint density at radius 2 is 2.14 bits per heavy atom. The third kappa shape index (κ3) is 3.63. The number of amides is 1. The van der Waals surface area contributed by atoms with Crippen LogP contribution in [0.1, 0.15) is 42.6 Å². The van der Waals surface area contributed by atoms with E-state index in [2.05, 4.69) is 20.5 Å².